The van der Waals surface area contributed by atoms with Gasteiger partial charge >= 0.3 is 12.1 Å². The molecule has 2 aliphatic carbocycles. The summed E-state index contributed by atoms with van der Waals surface area (Å²) in [5, 5.41) is 0. The first-order chi connectivity index (χ1) is 16.6. The highest BCUT2D eigenvalue weighted by molar-refractivity contribution is 5.95. The summed E-state index contributed by atoms with van der Waals surface area (Å²) in [4.78, 5) is 13.5. The summed E-state index contributed by atoms with van der Waals surface area (Å²) in [5.74, 6) is -13.3. The Hall–Kier alpha value is -2.02. The van der Waals surface area contributed by atoms with Gasteiger partial charge in [0.25, 0.3) is 0 Å². The Morgan fingerprint density at radius 1 is 1.03 bits per heavy atom. The summed E-state index contributed by atoms with van der Waals surface area (Å²) >= 11 is 0. The van der Waals surface area contributed by atoms with Crippen LogP contribution in [0.5, 0.6) is 0 Å². The molecule has 12 heteroatoms. The number of carbonyl (C=O) groups is 1. The molecular weight excluding hydrogens is 501 g/mol. The third-order valence-electron chi connectivity index (χ3n) is 7.34. The molecule has 4 aliphatic rings. The van der Waals surface area contributed by atoms with E-state index >= 15 is 8.78 Å². The number of allylic oxidation sites excluding steroid dienone is 2. The monoisotopic (exact) mass is 524 g/mol. The van der Waals surface area contributed by atoms with E-state index < -0.39 is 77.9 Å². The first kappa shape index (κ1) is 25.6. The zero-order valence-corrected chi connectivity index (χ0v) is 19.1. The van der Waals surface area contributed by atoms with E-state index in [9.17, 15) is 26.7 Å². The van der Waals surface area contributed by atoms with Crippen LogP contribution in [0.15, 0.2) is 42.5 Å². The zero-order valence-electron chi connectivity index (χ0n) is 19.1. The molecule has 198 valence electrons. The largest absolute Gasteiger partial charge is 0.456 e. The molecule has 8 atom stereocenters. The van der Waals surface area contributed by atoms with Crippen LogP contribution < -0.4 is 0 Å². The van der Waals surface area contributed by atoms with Crippen LogP contribution in [0, 0.1) is 11.8 Å². The number of hydrogen-bond donors (Lipinski definition) is 0. The highest BCUT2D eigenvalue weighted by Gasteiger charge is 2.87. The number of carbonyl (C=O) groups excluding carboxylic acids is 1. The fourth-order valence-corrected chi connectivity index (χ4v) is 5.70. The Morgan fingerprint density at radius 3 is 2.31 bits per heavy atom. The van der Waals surface area contributed by atoms with E-state index in [1.807, 2.05) is 0 Å². The molecule has 0 spiro atoms. The fraction of sp³-hybridized carbons (Fsp3) is 0.625. The second-order valence-corrected chi connectivity index (χ2v) is 9.98. The van der Waals surface area contributed by atoms with Gasteiger partial charge in [0.1, 0.15) is 12.2 Å². The molecular formula is C24H23F7O5. The Bertz CT molecular complexity index is 1060. The van der Waals surface area contributed by atoms with Gasteiger partial charge in [-0.25, -0.2) is 8.78 Å². The number of halogens is 7. The van der Waals surface area contributed by atoms with E-state index in [2.05, 4.69) is 0 Å². The van der Waals surface area contributed by atoms with Gasteiger partial charge in [-0.05, 0) is 25.8 Å². The minimum Gasteiger partial charge on any atom is -0.367 e. The molecule has 2 saturated heterocycles. The number of rotatable bonds is 6. The normalized spacial score (nSPS) is 41.1. The quantitative estimate of drug-likeness (QED) is 0.394. The Labute approximate surface area is 201 Å². The number of alkyl halides is 7. The Kier molecular flexibility index (Phi) is 5.69. The van der Waals surface area contributed by atoms with E-state index in [-0.39, 0.29) is 6.61 Å². The molecule has 36 heavy (non-hydrogen) atoms. The van der Waals surface area contributed by atoms with E-state index in [4.69, 9.17) is 18.9 Å². The molecule has 5 rings (SSSR count). The summed E-state index contributed by atoms with van der Waals surface area (Å²) in [7, 11) is 0. The van der Waals surface area contributed by atoms with Gasteiger partial charge in [-0.1, -0.05) is 42.5 Å². The van der Waals surface area contributed by atoms with Crippen molar-refractivity contribution in [2.45, 2.75) is 80.7 Å². The van der Waals surface area contributed by atoms with Crippen molar-refractivity contribution in [3.05, 3.63) is 48.0 Å². The lowest BCUT2D eigenvalue weighted by Crippen LogP contribution is -2.71. The van der Waals surface area contributed by atoms with Gasteiger partial charge in [0.15, 0.2) is 18.2 Å². The number of Topliss-reactive ketones (excluding diaryl/α,β-unsaturated/α-hetero) is 1. The van der Waals surface area contributed by atoms with Crippen molar-refractivity contribution < 1.29 is 54.5 Å². The molecule has 2 aliphatic heterocycles. The van der Waals surface area contributed by atoms with Crippen LogP contribution >= 0.6 is 0 Å². The topological polar surface area (TPSA) is 54.0 Å². The third kappa shape index (κ3) is 3.40. The number of benzene rings is 1. The van der Waals surface area contributed by atoms with Gasteiger partial charge in [0, 0.05) is 11.8 Å². The highest BCUT2D eigenvalue weighted by Crippen LogP contribution is 2.66. The van der Waals surface area contributed by atoms with Crippen LogP contribution in [-0.4, -0.2) is 59.6 Å². The van der Waals surface area contributed by atoms with E-state index in [0.29, 0.717) is 5.56 Å². The molecule has 1 aromatic carbocycles. The number of ether oxygens (including phenoxy) is 4. The van der Waals surface area contributed by atoms with Gasteiger partial charge < -0.3 is 18.9 Å². The van der Waals surface area contributed by atoms with Crippen molar-refractivity contribution in [1.29, 1.82) is 0 Å². The summed E-state index contributed by atoms with van der Waals surface area (Å²) in [6.07, 6.45) is -11.4. The molecule has 1 aromatic rings. The second-order valence-electron chi connectivity index (χ2n) is 9.98. The minimum atomic E-state index is -6.44. The van der Waals surface area contributed by atoms with Crippen molar-refractivity contribution in [3.8, 4) is 0 Å². The standard InChI is InChI=1S/C24H23F7O5/c1-20(2)35-17-15(33-11-12-6-4-3-5-7-12)16(34-19(17)36-20)18(32)21(25)13-8-9-14(10-13)22(21,26)23(27,28)24(29,30)31/h3-9,13-17,19H,10-11H2,1-2H3/t13-,14+,15-,16-,17+,19+,21+,22-/m0/s1. The summed E-state index contributed by atoms with van der Waals surface area (Å²) < 4.78 is 124. The van der Waals surface area contributed by atoms with E-state index in [1.165, 1.54) is 13.8 Å². The molecule has 3 fully saturated rings. The van der Waals surface area contributed by atoms with Crippen LogP contribution in [-0.2, 0) is 30.3 Å². The van der Waals surface area contributed by atoms with Crippen LogP contribution in [0.4, 0.5) is 30.7 Å². The zero-order chi connectivity index (χ0) is 26.3. The third-order valence-corrected chi connectivity index (χ3v) is 7.34. The number of ketones is 1. The molecule has 2 bridgehead atoms. The Balaban J connectivity index is 1.51. The fourth-order valence-electron chi connectivity index (χ4n) is 5.70. The second kappa shape index (κ2) is 7.99. The van der Waals surface area contributed by atoms with Gasteiger partial charge in [0.2, 0.25) is 17.1 Å². The van der Waals surface area contributed by atoms with E-state index in [0.717, 1.165) is 12.2 Å². The van der Waals surface area contributed by atoms with Crippen molar-refractivity contribution in [1.82, 2.24) is 0 Å². The van der Waals surface area contributed by atoms with Crippen LogP contribution in [0.3, 0.4) is 0 Å². The highest BCUT2D eigenvalue weighted by atomic mass is 19.4. The minimum absolute atomic E-state index is 0.156. The summed E-state index contributed by atoms with van der Waals surface area (Å²) in [6, 6.07) is 8.48. The smallest absolute Gasteiger partial charge is 0.367 e. The maximum absolute atomic E-state index is 16.4. The van der Waals surface area contributed by atoms with Gasteiger partial charge in [-0.2, -0.15) is 22.0 Å². The number of fused-ring (bicyclic) bond motifs is 3. The molecule has 1 saturated carbocycles. The van der Waals surface area contributed by atoms with Crippen LogP contribution in [0.25, 0.3) is 0 Å². The molecule has 5 nitrogen and oxygen atoms in total. The molecule has 0 amide bonds. The van der Waals surface area contributed by atoms with Crippen molar-refractivity contribution in [2.24, 2.45) is 11.8 Å². The van der Waals surface area contributed by atoms with Crippen LogP contribution in [0.2, 0.25) is 0 Å². The predicted octanol–water partition coefficient (Wildman–Crippen LogP) is 4.84. The Morgan fingerprint density at radius 2 is 1.67 bits per heavy atom. The average molecular weight is 524 g/mol. The van der Waals surface area contributed by atoms with Crippen LogP contribution in [0.1, 0.15) is 25.8 Å². The van der Waals surface area contributed by atoms with Crippen molar-refractivity contribution >= 4 is 5.78 Å². The van der Waals surface area contributed by atoms with Gasteiger partial charge in [0.05, 0.1) is 6.61 Å². The summed E-state index contributed by atoms with van der Waals surface area (Å²) in [6.45, 7) is 2.89. The summed E-state index contributed by atoms with van der Waals surface area (Å²) in [5.41, 5.74) is -8.49. The van der Waals surface area contributed by atoms with Gasteiger partial charge in [-0.3, -0.25) is 4.79 Å². The molecule has 0 radical (unpaired) electrons. The van der Waals surface area contributed by atoms with Gasteiger partial charge in [-0.15, -0.1) is 0 Å². The molecule has 0 N–H and O–H groups in total. The maximum atomic E-state index is 16.4. The molecule has 0 aromatic heterocycles. The first-order valence-electron chi connectivity index (χ1n) is 11.3. The average Bonchev–Trinajstić information content (AvgIpc) is 3.52. The SMILES string of the molecule is CC1(C)O[C@H]2O[C@H](C(=O)[C@]3(F)[C@H]4C=C[C@H](C4)[C@@]3(F)C(F)(F)C(F)(F)F)[C@H](OCc3ccccc3)[C@H]2O1. The lowest BCUT2D eigenvalue weighted by molar-refractivity contribution is -0.347. The lowest BCUT2D eigenvalue weighted by Gasteiger charge is -2.44. The van der Waals surface area contributed by atoms with E-state index in [1.54, 1.807) is 30.3 Å². The molecule has 0 unspecified atom stereocenters. The lowest BCUT2D eigenvalue weighted by atomic mass is 9.69. The van der Waals surface area contributed by atoms with Crippen molar-refractivity contribution in [3.63, 3.8) is 0 Å². The first-order valence-corrected chi connectivity index (χ1v) is 11.3. The number of hydrogen-bond acceptors (Lipinski definition) is 5. The van der Waals surface area contributed by atoms with Crippen molar-refractivity contribution in [2.75, 3.05) is 0 Å². The maximum Gasteiger partial charge on any atom is 0.456 e. The molecule has 2 heterocycles. The predicted molar refractivity (Wildman–Crippen MR) is 108 cm³/mol.